The highest BCUT2D eigenvalue weighted by Crippen LogP contribution is 2.35. The summed E-state index contributed by atoms with van der Waals surface area (Å²) in [7, 11) is 0. The van der Waals surface area contributed by atoms with Gasteiger partial charge in [-0.2, -0.15) is 5.26 Å². The summed E-state index contributed by atoms with van der Waals surface area (Å²) in [6.07, 6.45) is -0.344. The predicted octanol–water partition coefficient (Wildman–Crippen LogP) is 12.3. The molecule has 1 aromatic heterocycles. The Kier molecular flexibility index (Phi) is 9.59. The van der Waals surface area contributed by atoms with E-state index in [1.165, 1.54) is 0 Å². The third-order valence-electron chi connectivity index (χ3n) is 10.8. The Balaban J connectivity index is 1.02. The van der Waals surface area contributed by atoms with Gasteiger partial charge in [0.05, 0.1) is 22.8 Å². The highest BCUT2D eigenvalue weighted by molar-refractivity contribution is 6.15. The van der Waals surface area contributed by atoms with Crippen molar-refractivity contribution in [3.63, 3.8) is 0 Å². The van der Waals surface area contributed by atoms with Crippen LogP contribution in [0.15, 0.2) is 216 Å². The van der Waals surface area contributed by atoms with Crippen molar-refractivity contribution in [2.24, 2.45) is 9.98 Å². The van der Waals surface area contributed by atoms with Crippen LogP contribution in [0.4, 0.5) is 0 Å². The Morgan fingerprint density at radius 3 is 1.80 bits per heavy atom. The lowest BCUT2D eigenvalue weighted by atomic mass is 9.94. The summed E-state index contributed by atoms with van der Waals surface area (Å²) in [5, 5.41) is 14.1. The van der Waals surface area contributed by atoms with E-state index in [0.717, 1.165) is 83.6 Å². The van der Waals surface area contributed by atoms with Gasteiger partial charge in [-0.05, 0) is 69.3 Å². The maximum Gasteiger partial charge on any atom is 0.160 e. The number of rotatable bonds is 8. The molecule has 6 nitrogen and oxygen atoms in total. The second kappa shape index (κ2) is 15.9. The monoisotopic (exact) mass is 768 g/mol. The quantitative estimate of drug-likeness (QED) is 0.167. The molecule has 10 rings (SSSR count). The van der Waals surface area contributed by atoms with Crippen molar-refractivity contribution in [1.29, 1.82) is 5.26 Å². The smallest absolute Gasteiger partial charge is 0.160 e. The number of nitrogens with one attached hydrogen (secondary N) is 1. The molecule has 2 heterocycles. The number of para-hydroxylation sites is 1. The zero-order valence-corrected chi connectivity index (χ0v) is 32.4. The average Bonchev–Trinajstić information content (AvgIpc) is 3.34. The van der Waals surface area contributed by atoms with E-state index in [2.05, 4.69) is 133 Å². The summed E-state index contributed by atoms with van der Waals surface area (Å²) >= 11 is 0. The Hall–Kier alpha value is -8.27. The van der Waals surface area contributed by atoms with Gasteiger partial charge in [0.25, 0.3) is 0 Å². The van der Waals surface area contributed by atoms with E-state index in [9.17, 15) is 5.26 Å². The molecule has 0 aliphatic carbocycles. The van der Waals surface area contributed by atoms with E-state index in [1.807, 2.05) is 84.9 Å². The van der Waals surface area contributed by atoms with Crippen LogP contribution in [0.2, 0.25) is 0 Å². The van der Waals surface area contributed by atoms with Gasteiger partial charge in [0.2, 0.25) is 0 Å². The van der Waals surface area contributed by atoms with Crippen LogP contribution in [-0.2, 0) is 0 Å². The van der Waals surface area contributed by atoms with E-state index in [1.54, 1.807) is 0 Å². The summed E-state index contributed by atoms with van der Waals surface area (Å²) in [6, 6.07) is 72.4. The van der Waals surface area contributed by atoms with Crippen LogP contribution in [0.1, 0.15) is 28.4 Å². The zero-order chi connectivity index (χ0) is 40.3. The van der Waals surface area contributed by atoms with Crippen LogP contribution in [0.25, 0.3) is 66.9 Å². The third kappa shape index (κ3) is 7.24. The molecule has 0 spiro atoms. The average molecular weight is 769 g/mol. The summed E-state index contributed by atoms with van der Waals surface area (Å²) in [4.78, 5) is 20.4. The van der Waals surface area contributed by atoms with Gasteiger partial charge in [-0.3, -0.25) is 0 Å². The van der Waals surface area contributed by atoms with Gasteiger partial charge in [-0.25, -0.2) is 20.0 Å². The van der Waals surface area contributed by atoms with Crippen molar-refractivity contribution in [3.05, 3.63) is 229 Å². The molecule has 8 aromatic carbocycles. The highest BCUT2D eigenvalue weighted by atomic mass is 15.2. The zero-order valence-electron chi connectivity index (χ0n) is 32.4. The first-order chi connectivity index (χ1) is 29.7. The molecule has 1 aliphatic rings. The second-order valence-electron chi connectivity index (χ2n) is 14.6. The van der Waals surface area contributed by atoms with Gasteiger partial charge in [-0.15, -0.1) is 0 Å². The molecule has 0 saturated carbocycles. The minimum Gasteiger partial charge on any atom is -0.344 e. The Morgan fingerprint density at radius 2 is 1.03 bits per heavy atom. The number of hydrogen-bond donors (Lipinski definition) is 1. The van der Waals surface area contributed by atoms with E-state index in [0.29, 0.717) is 17.2 Å². The number of amidine groups is 2. The SMILES string of the molecule is N#Cc1cccc(-c2ccc(C3=NC(c4ccccc4)NC(c4ccccc4-c4cccc(-c5cccc(-c6nc(-c7ccccc7)nc7ccccc67)c5)c4)=N3)cc2)c1. The molecule has 282 valence electrons. The molecule has 0 fully saturated rings. The normalized spacial score (nSPS) is 13.5. The molecule has 1 aliphatic heterocycles. The van der Waals surface area contributed by atoms with E-state index in [4.69, 9.17) is 20.0 Å². The first-order valence-corrected chi connectivity index (χ1v) is 19.9. The molecule has 0 bridgehead atoms. The first kappa shape index (κ1) is 36.1. The summed E-state index contributed by atoms with van der Waals surface area (Å²) in [6.45, 7) is 0. The van der Waals surface area contributed by atoms with E-state index < -0.39 is 0 Å². The molecular weight excluding hydrogens is 733 g/mol. The van der Waals surface area contributed by atoms with Gasteiger partial charge < -0.3 is 5.32 Å². The largest absolute Gasteiger partial charge is 0.344 e. The summed E-state index contributed by atoms with van der Waals surface area (Å²) < 4.78 is 0. The first-order valence-electron chi connectivity index (χ1n) is 19.9. The van der Waals surface area contributed by atoms with Crippen molar-refractivity contribution in [1.82, 2.24) is 15.3 Å². The van der Waals surface area contributed by atoms with Crippen LogP contribution < -0.4 is 5.32 Å². The molecule has 9 aromatic rings. The van der Waals surface area contributed by atoms with E-state index >= 15 is 0 Å². The molecule has 6 heteroatoms. The lowest BCUT2D eigenvalue weighted by Gasteiger charge is -2.25. The van der Waals surface area contributed by atoms with Crippen molar-refractivity contribution in [2.75, 3.05) is 0 Å². The maximum atomic E-state index is 9.45. The number of nitriles is 1. The van der Waals surface area contributed by atoms with Crippen LogP contribution in [0.3, 0.4) is 0 Å². The Morgan fingerprint density at radius 1 is 0.450 bits per heavy atom. The minimum absolute atomic E-state index is 0.344. The number of benzene rings is 8. The fourth-order valence-electron chi connectivity index (χ4n) is 7.77. The second-order valence-corrected chi connectivity index (χ2v) is 14.6. The molecule has 1 atom stereocenters. The summed E-state index contributed by atoms with van der Waals surface area (Å²) in [5.41, 5.74) is 13.7. The molecule has 0 saturated heterocycles. The predicted molar refractivity (Wildman–Crippen MR) is 243 cm³/mol. The molecule has 0 radical (unpaired) electrons. The molecule has 60 heavy (non-hydrogen) atoms. The lowest BCUT2D eigenvalue weighted by Crippen LogP contribution is -2.33. The van der Waals surface area contributed by atoms with Crippen LogP contribution in [0, 0.1) is 11.3 Å². The number of hydrogen-bond acceptors (Lipinski definition) is 6. The molecular formula is C54H36N6. The van der Waals surface area contributed by atoms with Crippen molar-refractivity contribution in [3.8, 4) is 62.1 Å². The molecule has 1 N–H and O–H groups in total. The number of nitrogens with zero attached hydrogens (tertiary/aromatic N) is 5. The van der Waals surface area contributed by atoms with Gasteiger partial charge in [0.1, 0.15) is 12.0 Å². The summed E-state index contributed by atoms with van der Waals surface area (Å²) in [5.74, 6) is 2.09. The number of aliphatic imine (C=N–C) groups is 2. The highest BCUT2D eigenvalue weighted by Gasteiger charge is 2.23. The van der Waals surface area contributed by atoms with Crippen molar-refractivity contribution >= 4 is 22.6 Å². The van der Waals surface area contributed by atoms with E-state index in [-0.39, 0.29) is 6.17 Å². The van der Waals surface area contributed by atoms with Crippen LogP contribution in [0.5, 0.6) is 0 Å². The fourth-order valence-corrected chi connectivity index (χ4v) is 7.77. The van der Waals surface area contributed by atoms with Gasteiger partial charge in [0.15, 0.2) is 11.7 Å². The number of aromatic nitrogens is 2. The van der Waals surface area contributed by atoms with Gasteiger partial charge in [-0.1, -0.05) is 176 Å². The topological polar surface area (TPSA) is 86.3 Å². The Labute approximate surface area is 348 Å². The van der Waals surface area contributed by atoms with Gasteiger partial charge >= 0.3 is 0 Å². The van der Waals surface area contributed by atoms with Crippen molar-refractivity contribution in [2.45, 2.75) is 6.17 Å². The van der Waals surface area contributed by atoms with Crippen LogP contribution in [-0.4, -0.2) is 21.6 Å². The third-order valence-corrected chi connectivity index (χ3v) is 10.8. The fraction of sp³-hybridized carbons (Fsp3) is 0.0185. The standard InChI is InChI=1S/C54H36N6/c55-35-36-14-11-19-41(32-36)37-28-30-40(31-29-37)53-58-52(39-17-5-2-6-18-39)59-54(60-53)47-25-8-7-24-46(47)44-22-12-20-42(33-44)43-21-13-23-45(34-43)50-48-26-9-10-27-49(48)56-51(57-50)38-15-3-1-4-16-38/h1-34,52H,(H,58,59,60). The minimum atomic E-state index is -0.344. The number of fused-ring (bicyclic) bond motifs is 1. The molecule has 1 unspecified atom stereocenters. The lowest BCUT2D eigenvalue weighted by molar-refractivity contribution is 0.674. The molecule has 0 amide bonds. The maximum absolute atomic E-state index is 9.45. The van der Waals surface area contributed by atoms with Crippen LogP contribution >= 0.6 is 0 Å². The Bertz CT molecular complexity index is 3130. The van der Waals surface area contributed by atoms with Gasteiger partial charge in [0, 0.05) is 27.6 Å². The van der Waals surface area contributed by atoms with Crippen molar-refractivity contribution < 1.29 is 0 Å².